The number of aryl methyl sites for hydroxylation is 1. The van der Waals surface area contributed by atoms with Gasteiger partial charge in [-0.05, 0) is 81.1 Å². The largest absolute Gasteiger partial charge is 0.510 e. The van der Waals surface area contributed by atoms with E-state index in [0.29, 0.717) is 5.56 Å². The van der Waals surface area contributed by atoms with Gasteiger partial charge >= 0.3 is 0 Å². The second kappa shape index (κ2) is 9.62. The van der Waals surface area contributed by atoms with Gasteiger partial charge < -0.3 is 26.2 Å². The van der Waals surface area contributed by atoms with Crippen molar-refractivity contribution in [1.82, 2.24) is 4.90 Å². The highest BCUT2D eigenvalue weighted by molar-refractivity contribution is 7.15. The van der Waals surface area contributed by atoms with Gasteiger partial charge in [-0.2, -0.15) is 0 Å². The van der Waals surface area contributed by atoms with Crippen molar-refractivity contribution in [3.05, 3.63) is 62.9 Å². The Bertz CT molecular complexity index is 1470. The Labute approximate surface area is 229 Å². The number of rotatable bonds is 6. The van der Waals surface area contributed by atoms with Gasteiger partial charge in [0, 0.05) is 21.2 Å². The first-order chi connectivity index (χ1) is 18.4. The van der Waals surface area contributed by atoms with Crippen LogP contribution in [0.4, 0.5) is 0 Å². The second-order valence-electron chi connectivity index (χ2n) is 10.8. The number of primary amides is 1. The molecule has 39 heavy (non-hydrogen) atoms. The lowest BCUT2D eigenvalue weighted by Gasteiger charge is -2.50. The first kappa shape index (κ1) is 27.1. The van der Waals surface area contributed by atoms with E-state index in [2.05, 4.69) is 13.0 Å². The Hall–Kier alpha value is -3.47. The minimum absolute atomic E-state index is 0.0248. The molecule has 0 radical (unpaired) electrons. The molecule has 5 rings (SSSR count). The molecule has 3 aliphatic rings. The minimum Gasteiger partial charge on any atom is -0.510 e. The van der Waals surface area contributed by atoms with Crippen LogP contribution in [0.3, 0.4) is 0 Å². The Morgan fingerprint density at radius 3 is 2.51 bits per heavy atom. The molecule has 1 heterocycles. The van der Waals surface area contributed by atoms with E-state index in [9.17, 15) is 34.8 Å². The molecule has 1 aromatic heterocycles. The van der Waals surface area contributed by atoms with Gasteiger partial charge in [0.05, 0.1) is 11.6 Å². The molecule has 0 fully saturated rings. The number of fused-ring (bicyclic) bond motifs is 3. The summed E-state index contributed by atoms with van der Waals surface area (Å²) in [6.07, 6.45) is 3.42. The summed E-state index contributed by atoms with van der Waals surface area (Å²) in [5.74, 6) is -6.51. The average molecular weight is 553 g/mol. The van der Waals surface area contributed by atoms with Crippen LogP contribution >= 0.6 is 11.3 Å². The maximum Gasteiger partial charge on any atom is 0.255 e. The zero-order chi connectivity index (χ0) is 28.4. The van der Waals surface area contributed by atoms with E-state index in [4.69, 9.17) is 5.73 Å². The zero-order valence-corrected chi connectivity index (χ0v) is 22.8. The number of aliphatic hydroxyl groups is 3. The Morgan fingerprint density at radius 2 is 1.87 bits per heavy atom. The number of nitrogens with two attached hydrogens (primary N) is 1. The zero-order valence-electron chi connectivity index (χ0n) is 22.0. The molecule has 206 valence electrons. The Kier molecular flexibility index (Phi) is 6.69. The molecule has 4 atom stereocenters. The van der Waals surface area contributed by atoms with E-state index in [-0.39, 0.29) is 29.7 Å². The average Bonchev–Trinajstić information content (AvgIpc) is 3.33. The van der Waals surface area contributed by atoms with Crippen LogP contribution in [0.15, 0.2) is 46.9 Å². The Morgan fingerprint density at radius 1 is 1.15 bits per heavy atom. The van der Waals surface area contributed by atoms with E-state index in [1.54, 1.807) is 31.5 Å². The fourth-order valence-electron chi connectivity index (χ4n) is 6.49. The number of nitrogens with zero attached hydrogens (tertiary/aromatic N) is 1. The third-order valence-electron chi connectivity index (χ3n) is 8.31. The van der Waals surface area contributed by atoms with Crippen LogP contribution in [0.25, 0.3) is 10.4 Å². The lowest BCUT2D eigenvalue weighted by atomic mass is 9.58. The molecule has 0 spiro atoms. The lowest BCUT2D eigenvalue weighted by Crippen LogP contribution is -2.63. The van der Waals surface area contributed by atoms with Gasteiger partial charge in [0.2, 0.25) is 5.78 Å². The van der Waals surface area contributed by atoms with Gasteiger partial charge in [0.1, 0.15) is 22.8 Å². The van der Waals surface area contributed by atoms with Gasteiger partial charge in [0.15, 0.2) is 11.4 Å². The maximum absolute atomic E-state index is 13.9. The molecule has 9 nitrogen and oxygen atoms in total. The van der Waals surface area contributed by atoms with Crippen molar-refractivity contribution in [2.24, 2.45) is 17.6 Å². The highest BCUT2D eigenvalue weighted by Crippen LogP contribution is 2.53. The topological polar surface area (TPSA) is 161 Å². The molecule has 6 N–H and O–H groups in total. The number of carbonyl (C=O) groups excluding carboxylic acids is 3. The standard InChI is InChI=1S/C29H32N2O7S/c1-4-5-6-14-7-10-19(39-14)15-8-9-18(32)21-16(15)11-13-12-17-23(31(2)3)25(34)22(28(30)37)27(36)29(17,38)26(35)20(13)24(21)33/h7-10,13,17,23,32,34-35,38H,4-6,11-12H2,1-3H3,(H2,30,37). The molecular formula is C29H32N2O7S. The number of unbranched alkanes of at least 4 members (excludes halogenated alkanes) is 1. The van der Waals surface area contributed by atoms with Crippen molar-refractivity contribution in [2.45, 2.75) is 50.7 Å². The number of hydrogen-bond acceptors (Lipinski definition) is 9. The molecule has 10 heteroatoms. The first-order valence-electron chi connectivity index (χ1n) is 13.0. The van der Waals surface area contributed by atoms with Crippen LogP contribution in [0.2, 0.25) is 0 Å². The predicted octanol–water partition coefficient (Wildman–Crippen LogP) is 3.19. The maximum atomic E-state index is 13.9. The van der Waals surface area contributed by atoms with Gasteiger partial charge in [-0.25, -0.2) is 0 Å². The van der Waals surface area contributed by atoms with Crippen LogP contribution in [-0.2, 0) is 22.4 Å². The number of ketones is 2. The summed E-state index contributed by atoms with van der Waals surface area (Å²) in [6.45, 7) is 2.13. The van der Waals surface area contributed by atoms with Gasteiger partial charge in [-0.3, -0.25) is 19.3 Å². The van der Waals surface area contributed by atoms with Crippen molar-refractivity contribution < 1.29 is 34.8 Å². The SMILES string of the molecule is CCCCc1ccc(-c2ccc(O)c3c2CC2CC4C(N(C)C)C(O)=C(C(N)=O)C(=O)C4(O)C(O)=C2C3=O)s1. The van der Waals surface area contributed by atoms with E-state index in [1.165, 1.54) is 15.8 Å². The number of phenolic OH excluding ortho intramolecular Hbond substituents is 1. The minimum atomic E-state index is -2.64. The summed E-state index contributed by atoms with van der Waals surface area (Å²) in [6, 6.07) is 6.28. The summed E-state index contributed by atoms with van der Waals surface area (Å²) >= 11 is 1.63. The van der Waals surface area contributed by atoms with E-state index in [1.807, 2.05) is 6.07 Å². The monoisotopic (exact) mass is 552 g/mol. The summed E-state index contributed by atoms with van der Waals surface area (Å²) in [4.78, 5) is 43.1. The van der Waals surface area contributed by atoms with Crippen molar-refractivity contribution in [2.75, 3.05) is 14.1 Å². The summed E-state index contributed by atoms with van der Waals surface area (Å²) in [5.41, 5.74) is 3.24. The number of aliphatic hydroxyl groups excluding tert-OH is 2. The molecule has 2 aromatic rings. The Balaban J connectivity index is 1.66. The third kappa shape index (κ3) is 3.92. The lowest BCUT2D eigenvalue weighted by molar-refractivity contribution is -0.148. The number of hydrogen-bond donors (Lipinski definition) is 5. The van der Waals surface area contributed by atoms with Crippen LogP contribution in [0.1, 0.15) is 47.0 Å². The molecule has 0 aliphatic heterocycles. The number of likely N-dealkylation sites (N-methyl/N-ethyl adjacent to an activating group) is 1. The molecule has 1 aromatic carbocycles. The van der Waals surface area contributed by atoms with E-state index >= 15 is 0 Å². The normalized spacial score (nSPS) is 26.5. The number of allylic oxidation sites excluding steroid dienone is 1. The van der Waals surface area contributed by atoms with E-state index < -0.39 is 58.0 Å². The van der Waals surface area contributed by atoms with Crippen LogP contribution < -0.4 is 5.73 Å². The van der Waals surface area contributed by atoms with E-state index in [0.717, 1.165) is 29.7 Å². The highest BCUT2D eigenvalue weighted by Gasteiger charge is 2.63. The smallest absolute Gasteiger partial charge is 0.255 e. The van der Waals surface area contributed by atoms with Gasteiger partial charge in [-0.15, -0.1) is 11.3 Å². The predicted molar refractivity (Wildman–Crippen MR) is 146 cm³/mol. The van der Waals surface area contributed by atoms with Gasteiger partial charge in [-0.1, -0.05) is 13.3 Å². The molecule has 1 amide bonds. The fourth-order valence-corrected chi connectivity index (χ4v) is 7.59. The highest BCUT2D eigenvalue weighted by atomic mass is 32.1. The number of carbonyl (C=O) groups is 3. The third-order valence-corrected chi connectivity index (χ3v) is 9.49. The number of amides is 1. The number of phenols is 1. The summed E-state index contributed by atoms with van der Waals surface area (Å²) in [5, 5.41) is 44.8. The van der Waals surface area contributed by atoms with Crippen molar-refractivity contribution in [1.29, 1.82) is 0 Å². The first-order valence-corrected chi connectivity index (χ1v) is 13.8. The van der Waals surface area contributed by atoms with Crippen LogP contribution in [0, 0.1) is 11.8 Å². The van der Waals surface area contributed by atoms with Crippen molar-refractivity contribution in [3.63, 3.8) is 0 Å². The molecule has 0 saturated heterocycles. The van der Waals surface area contributed by atoms with Gasteiger partial charge in [0.25, 0.3) is 5.91 Å². The fraction of sp³-hybridized carbons (Fsp3) is 0.414. The van der Waals surface area contributed by atoms with Crippen molar-refractivity contribution >= 4 is 28.8 Å². The molecule has 4 unspecified atom stereocenters. The summed E-state index contributed by atoms with van der Waals surface area (Å²) in [7, 11) is 3.22. The number of benzene rings is 1. The second-order valence-corrected chi connectivity index (χ2v) is 12.0. The molecular weight excluding hydrogens is 520 g/mol. The number of Topliss-reactive ketones (excluding diaryl/α,β-unsaturated/α-hetero) is 2. The van der Waals surface area contributed by atoms with Crippen LogP contribution in [0.5, 0.6) is 5.75 Å². The number of thiophene rings is 1. The molecule has 0 bridgehead atoms. The van der Waals surface area contributed by atoms with Crippen LogP contribution in [-0.4, -0.2) is 68.5 Å². The quantitative estimate of drug-likeness (QED) is 0.341. The number of aromatic hydroxyl groups is 1. The van der Waals surface area contributed by atoms with Crippen molar-refractivity contribution in [3.8, 4) is 16.2 Å². The molecule has 0 saturated carbocycles. The molecule has 3 aliphatic carbocycles. The summed E-state index contributed by atoms with van der Waals surface area (Å²) < 4.78 is 0.